The highest BCUT2D eigenvalue weighted by atomic mass is 32.2. The van der Waals surface area contributed by atoms with Gasteiger partial charge in [0, 0.05) is 6.04 Å². The zero-order chi connectivity index (χ0) is 12.5. The average molecular weight is 259 g/mol. The number of rotatable bonds is 6. The van der Waals surface area contributed by atoms with Crippen molar-refractivity contribution in [3.8, 4) is 0 Å². The molecular weight excluding hydrogens is 242 g/mol. The summed E-state index contributed by atoms with van der Waals surface area (Å²) < 4.78 is 31.4. The molecule has 0 saturated heterocycles. The van der Waals surface area contributed by atoms with E-state index in [0.29, 0.717) is 5.92 Å². The molecule has 1 unspecified atom stereocenters. The third-order valence-electron chi connectivity index (χ3n) is 2.80. The van der Waals surface area contributed by atoms with Crippen LogP contribution in [0.15, 0.2) is 21.6 Å². The zero-order valence-electron chi connectivity index (χ0n) is 9.72. The van der Waals surface area contributed by atoms with Crippen molar-refractivity contribution < 1.29 is 17.9 Å². The fraction of sp³-hybridized carbons (Fsp3) is 0.636. The van der Waals surface area contributed by atoms with Crippen molar-refractivity contribution in [2.24, 2.45) is 5.92 Å². The minimum atomic E-state index is -3.59. The van der Waals surface area contributed by atoms with E-state index in [1.807, 2.05) is 6.92 Å². The summed E-state index contributed by atoms with van der Waals surface area (Å²) in [7, 11) is -3.59. The first-order chi connectivity index (χ1) is 8.01. The molecule has 96 valence electrons. The number of nitrogens with one attached hydrogen (secondary N) is 1. The van der Waals surface area contributed by atoms with Crippen molar-refractivity contribution in [1.29, 1.82) is 0 Å². The quantitative estimate of drug-likeness (QED) is 0.805. The Kier molecular flexibility index (Phi) is 3.56. The molecule has 2 N–H and O–H groups in total. The van der Waals surface area contributed by atoms with E-state index in [4.69, 9.17) is 9.52 Å². The third kappa shape index (κ3) is 3.31. The maximum absolute atomic E-state index is 11.9. The Morgan fingerprint density at radius 3 is 2.76 bits per heavy atom. The molecule has 1 aliphatic rings. The maximum Gasteiger partial charge on any atom is 0.274 e. The van der Waals surface area contributed by atoms with Crippen molar-refractivity contribution in [3.63, 3.8) is 0 Å². The summed E-state index contributed by atoms with van der Waals surface area (Å²) in [5.41, 5.74) is 0. The third-order valence-corrected chi connectivity index (χ3v) is 4.26. The Morgan fingerprint density at radius 2 is 2.24 bits per heavy atom. The SMILES string of the molecule is CC(CC1CC1)NS(=O)(=O)c1ccc(CO)o1. The molecule has 0 aliphatic heterocycles. The Balaban J connectivity index is 2.01. The first-order valence-corrected chi connectivity index (χ1v) is 7.21. The van der Waals surface area contributed by atoms with Gasteiger partial charge in [-0.25, -0.2) is 13.1 Å². The van der Waals surface area contributed by atoms with Gasteiger partial charge in [0.1, 0.15) is 12.4 Å². The van der Waals surface area contributed by atoms with Gasteiger partial charge in [0.05, 0.1) is 0 Å². The van der Waals surface area contributed by atoms with Crippen LogP contribution in [0.2, 0.25) is 0 Å². The second-order valence-electron chi connectivity index (χ2n) is 4.58. The topological polar surface area (TPSA) is 79.5 Å². The normalized spacial score (nSPS) is 18.2. The van der Waals surface area contributed by atoms with Crippen LogP contribution in [0.1, 0.15) is 31.9 Å². The Hall–Kier alpha value is -0.850. The summed E-state index contributed by atoms with van der Waals surface area (Å²) in [6.07, 6.45) is 3.26. The smallest absolute Gasteiger partial charge is 0.274 e. The van der Waals surface area contributed by atoms with Crippen LogP contribution < -0.4 is 4.72 Å². The molecule has 1 aromatic rings. The predicted octanol–water partition coefficient (Wildman–Crippen LogP) is 1.24. The summed E-state index contributed by atoms with van der Waals surface area (Å²) >= 11 is 0. The molecule has 0 radical (unpaired) electrons. The Bertz CT molecular complexity index is 475. The first-order valence-electron chi connectivity index (χ1n) is 5.73. The van der Waals surface area contributed by atoms with Gasteiger partial charge < -0.3 is 9.52 Å². The molecule has 2 rings (SSSR count). The molecular formula is C11H17NO4S. The van der Waals surface area contributed by atoms with Crippen molar-refractivity contribution in [3.05, 3.63) is 17.9 Å². The van der Waals surface area contributed by atoms with Crippen molar-refractivity contribution in [2.75, 3.05) is 0 Å². The fourth-order valence-electron chi connectivity index (χ4n) is 1.81. The van der Waals surface area contributed by atoms with Crippen LogP contribution in [0.3, 0.4) is 0 Å². The number of hydrogen-bond donors (Lipinski definition) is 2. The number of aliphatic hydroxyl groups is 1. The van der Waals surface area contributed by atoms with Gasteiger partial charge in [-0.1, -0.05) is 12.8 Å². The summed E-state index contributed by atoms with van der Waals surface area (Å²) in [5.74, 6) is 0.914. The van der Waals surface area contributed by atoms with Gasteiger partial charge in [-0.15, -0.1) is 0 Å². The van der Waals surface area contributed by atoms with E-state index >= 15 is 0 Å². The van der Waals surface area contributed by atoms with Gasteiger partial charge >= 0.3 is 0 Å². The standard InChI is InChI=1S/C11H17NO4S/c1-8(6-9-2-3-9)12-17(14,15)11-5-4-10(7-13)16-11/h4-5,8-9,12-13H,2-3,6-7H2,1H3. The number of sulfonamides is 1. The highest BCUT2D eigenvalue weighted by molar-refractivity contribution is 7.89. The van der Waals surface area contributed by atoms with Gasteiger partial charge in [0.25, 0.3) is 10.0 Å². The average Bonchev–Trinajstić information content (AvgIpc) is 2.92. The summed E-state index contributed by atoms with van der Waals surface area (Å²) in [5, 5.41) is 8.68. The lowest BCUT2D eigenvalue weighted by Crippen LogP contribution is -2.32. The van der Waals surface area contributed by atoms with Gasteiger partial charge in [-0.2, -0.15) is 0 Å². The highest BCUT2D eigenvalue weighted by Crippen LogP contribution is 2.33. The minimum Gasteiger partial charge on any atom is -0.446 e. The first kappa shape index (κ1) is 12.6. The van der Waals surface area contributed by atoms with E-state index in [2.05, 4.69) is 4.72 Å². The summed E-state index contributed by atoms with van der Waals surface area (Å²) in [6, 6.07) is 2.73. The highest BCUT2D eigenvalue weighted by Gasteiger charge is 2.27. The van der Waals surface area contributed by atoms with E-state index in [1.165, 1.54) is 25.0 Å². The molecule has 1 aliphatic carbocycles. The number of hydrogen-bond acceptors (Lipinski definition) is 4. The van der Waals surface area contributed by atoms with E-state index in [1.54, 1.807) is 0 Å². The number of aliphatic hydroxyl groups excluding tert-OH is 1. The van der Waals surface area contributed by atoms with Crippen molar-refractivity contribution in [2.45, 2.75) is 43.9 Å². The maximum atomic E-state index is 11.9. The molecule has 0 aromatic carbocycles. The lowest BCUT2D eigenvalue weighted by molar-refractivity contribution is 0.236. The van der Waals surface area contributed by atoms with Crippen molar-refractivity contribution >= 4 is 10.0 Å². The molecule has 1 heterocycles. The van der Waals surface area contributed by atoms with Gasteiger partial charge in [-0.05, 0) is 31.4 Å². The largest absolute Gasteiger partial charge is 0.446 e. The fourth-order valence-corrected chi connectivity index (χ4v) is 3.02. The van der Waals surface area contributed by atoms with E-state index in [0.717, 1.165) is 6.42 Å². The molecule has 17 heavy (non-hydrogen) atoms. The number of furan rings is 1. The summed E-state index contributed by atoms with van der Waals surface area (Å²) in [4.78, 5) is 0. The zero-order valence-corrected chi connectivity index (χ0v) is 10.5. The molecule has 5 nitrogen and oxygen atoms in total. The molecule has 0 spiro atoms. The molecule has 1 fully saturated rings. The molecule has 6 heteroatoms. The molecule has 1 aromatic heterocycles. The van der Waals surface area contributed by atoms with Crippen LogP contribution in [0.5, 0.6) is 0 Å². The van der Waals surface area contributed by atoms with Crippen LogP contribution in [0.4, 0.5) is 0 Å². The monoisotopic (exact) mass is 259 g/mol. The van der Waals surface area contributed by atoms with Crippen LogP contribution in [-0.2, 0) is 16.6 Å². The van der Waals surface area contributed by atoms with Crippen molar-refractivity contribution in [1.82, 2.24) is 4.72 Å². The minimum absolute atomic E-state index is 0.0878. The second kappa shape index (κ2) is 4.80. The van der Waals surface area contributed by atoms with Gasteiger partial charge in [-0.3, -0.25) is 0 Å². The van der Waals surface area contributed by atoms with Gasteiger partial charge in [0.2, 0.25) is 5.09 Å². The van der Waals surface area contributed by atoms with Crippen LogP contribution >= 0.6 is 0 Å². The molecule has 0 bridgehead atoms. The lowest BCUT2D eigenvalue weighted by atomic mass is 10.2. The molecule has 1 saturated carbocycles. The van der Waals surface area contributed by atoms with Gasteiger partial charge in [0.15, 0.2) is 0 Å². The lowest BCUT2D eigenvalue weighted by Gasteiger charge is -2.11. The van der Waals surface area contributed by atoms with Crippen LogP contribution in [0.25, 0.3) is 0 Å². The summed E-state index contributed by atoms with van der Waals surface area (Å²) in [6.45, 7) is 1.55. The second-order valence-corrected chi connectivity index (χ2v) is 6.23. The molecule has 1 atom stereocenters. The van der Waals surface area contributed by atoms with E-state index in [-0.39, 0.29) is 23.5 Å². The predicted molar refractivity (Wildman–Crippen MR) is 61.8 cm³/mol. The van der Waals surface area contributed by atoms with Crippen LogP contribution in [-0.4, -0.2) is 19.6 Å². The van der Waals surface area contributed by atoms with E-state index < -0.39 is 10.0 Å². The Morgan fingerprint density at radius 1 is 1.53 bits per heavy atom. The van der Waals surface area contributed by atoms with Crippen LogP contribution in [0, 0.1) is 5.92 Å². The van der Waals surface area contributed by atoms with E-state index in [9.17, 15) is 8.42 Å². The molecule has 0 amide bonds. The Labute approximate surface area is 101 Å².